The lowest BCUT2D eigenvalue weighted by atomic mass is 9.79. The molecule has 2 aliphatic rings. The van der Waals surface area contributed by atoms with E-state index in [1.54, 1.807) is 0 Å². The molecule has 4 heteroatoms. The second-order valence-electron chi connectivity index (χ2n) is 5.66. The molecule has 3 N–H and O–H groups in total. The van der Waals surface area contributed by atoms with Gasteiger partial charge >= 0.3 is 0 Å². The number of nitrogens with two attached hydrogens (primary N) is 1. The Hall–Kier alpha value is -1.29. The Morgan fingerprint density at radius 2 is 2.22 bits per heavy atom. The molecule has 2 fully saturated rings. The molecule has 0 saturated carbocycles. The van der Waals surface area contributed by atoms with Crippen molar-refractivity contribution in [2.24, 2.45) is 5.41 Å². The van der Waals surface area contributed by atoms with E-state index in [0.29, 0.717) is 11.1 Å². The number of benzene rings is 1. The summed E-state index contributed by atoms with van der Waals surface area (Å²) < 4.78 is 13.1. The summed E-state index contributed by atoms with van der Waals surface area (Å²) in [5.74, 6) is -0.259. The van der Waals surface area contributed by atoms with Gasteiger partial charge in [0.25, 0.3) is 0 Å². The molecular formula is C14H20FN3. The highest BCUT2D eigenvalue weighted by atomic mass is 19.1. The van der Waals surface area contributed by atoms with Gasteiger partial charge in [-0.2, -0.15) is 0 Å². The van der Waals surface area contributed by atoms with Crippen LogP contribution in [-0.2, 0) is 0 Å². The Labute approximate surface area is 107 Å². The van der Waals surface area contributed by atoms with E-state index in [1.807, 2.05) is 6.07 Å². The van der Waals surface area contributed by atoms with E-state index in [4.69, 9.17) is 5.73 Å². The predicted molar refractivity (Wildman–Crippen MR) is 72.2 cm³/mol. The Morgan fingerprint density at radius 3 is 2.94 bits per heavy atom. The second-order valence-corrected chi connectivity index (χ2v) is 5.66. The molecule has 1 unspecified atom stereocenters. The maximum absolute atomic E-state index is 13.1. The quantitative estimate of drug-likeness (QED) is 0.748. The molecule has 0 aromatic heterocycles. The molecule has 18 heavy (non-hydrogen) atoms. The number of hydrogen-bond donors (Lipinski definition) is 2. The minimum atomic E-state index is -0.259. The maximum atomic E-state index is 13.1. The summed E-state index contributed by atoms with van der Waals surface area (Å²) in [6.45, 7) is 4.28. The molecule has 1 spiro atoms. The van der Waals surface area contributed by atoms with Crippen molar-refractivity contribution in [3.05, 3.63) is 24.0 Å². The van der Waals surface area contributed by atoms with Crippen LogP contribution in [0.5, 0.6) is 0 Å². The molecule has 0 amide bonds. The molecule has 2 saturated heterocycles. The normalized spacial score (nSPS) is 27.9. The van der Waals surface area contributed by atoms with Crippen LogP contribution in [0.15, 0.2) is 18.2 Å². The van der Waals surface area contributed by atoms with Gasteiger partial charge in [-0.3, -0.25) is 0 Å². The van der Waals surface area contributed by atoms with Crippen molar-refractivity contribution in [1.29, 1.82) is 0 Å². The Bertz CT molecular complexity index is 441. The van der Waals surface area contributed by atoms with E-state index in [-0.39, 0.29) is 5.82 Å². The van der Waals surface area contributed by atoms with Crippen LogP contribution in [0, 0.1) is 11.2 Å². The number of piperidine rings is 1. The van der Waals surface area contributed by atoms with Crippen LogP contribution in [-0.4, -0.2) is 26.2 Å². The third-order valence-corrected chi connectivity index (χ3v) is 4.32. The molecule has 0 radical (unpaired) electrons. The van der Waals surface area contributed by atoms with Crippen LogP contribution in [0.1, 0.15) is 19.3 Å². The van der Waals surface area contributed by atoms with E-state index in [1.165, 1.54) is 31.4 Å². The summed E-state index contributed by atoms with van der Waals surface area (Å²) in [4.78, 5) is 2.32. The summed E-state index contributed by atoms with van der Waals surface area (Å²) in [7, 11) is 0. The van der Waals surface area contributed by atoms with Crippen molar-refractivity contribution in [3.8, 4) is 0 Å². The van der Waals surface area contributed by atoms with Crippen LogP contribution >= 0.6 is 0 Å². The molecule has 2 heterocycles. The number of nitrogen functional groups attached to an aromatic ring is 1. The maximum Gasteiger partial charge on any atom is 0.125 e. The number of hydrogen-bond acceptors (Lipinski definition) is 3. The Kier molecular flexibility index (Phi) is 2.90. The molecule has 3 nitrogen and oxygen atoms in total. The number of rotatable bonds is 1. The van der Waals surface area contributed by atoms with E-state index >= 15 is 0 Å². The first-order chi connectivity index (χ1) is 8.69. The van der Waals surface area contributed by atoms with Gasteiger partial charge in [0.05, 0.1) is 11.4 Å². The van der Waals surface area contributed by atoms with E-state index in [2.05, 4.69) is 10.2 Å². The second kappa shape index (κ2) is 4.43. The largest absolute Gasteiger partial charge is 0.397 e. The third-order valence-electron chi connectivity index (χ3n) is 4.32. The average molecular weight is 249 g/mol. The van der Waals surface area contributed by atoms with Crippen LogP contribution in [0.4, 0.5) is 15.8 Å². The number of anilines is 2. The van der Waals surface area contributed by atoms with Crippen LogP contribution in [0.2, 0.25) is 0 Å². The summed E-state index contributed by atoms with van der Waals surface area (Å²) >= 11 is 0. The summed E-state index contributed by atoms with van der Waals surface area (Å²) in [6.07, 6.45) is 3.72. The molecule has 98 valence electrons. The van der Waals surface area contributed by atoms with Crippen molar-refractivity contribution in [2.45, 2.75) is 19.3 Å². The van der Waals surface area contributed by atoms with Crippen LogP contribution in [0.3, 0.4) is 0 Å². The third kappa shape index (κ3) is 2.05. The van der Waals surface area contributed by atoms with Gasteiger partial charge in [0.1, 0.15) is 5.82 Å². The number of nitrogens with zero attached hydrogens (tertiary/aromatic N) is 1. The van der Waals surface area contributed by atoms with Crippen molar-refractivity contribution >= 4 is 11.4 Å². The summed E-state index contributed by atoms with van der Waals surface area (Å²) in [6, 6.07) is 4.73. The molecule has 1 aromatic rings. The van der Waals surface area contributed by atoms with E-state index in [0.717, 1.165) is 31.9 Å². The molecule has 3 rings (SSSR count). The minimum absolute atomic E-state index is 0.259. The zero-order valence-electron chi connectivity index (χ0n) is 10.6. The first-order valence-electron chi connectivity index (χ1n) is 6.69. The molecule has 1 aromatic carbocycles. The van der Waals surface area contributed by atoms with E-state index < -0.39 is 0 Å². The van der Waals surface area contributed by atoms with Crippen molar-refractivity contribution in [1.82, 2.24) is 5.32 Å². The van der Waals surface area contributed by atoms with Crippen molar-refractivity contribution < 1.29 is 4.39 Å². The topological polar surface area (TPSA) is 41.3 Å². The Morgan fingerprint density at radius 1 is 1.33 bits per heavy atom. The smallest absolute Gasteiger partial charge is 0.125 e. The summed E-state index contributed by atoms with van der Waals surface area (Å²) in [5.41, 5.74) is 7.89. The van der Waals surface area contributed by atoms with Gasteiger partial charge in [0, 0.05) is 25.0 Å². The SMILES string of the molecule is Nc1cc(F)ccc1N1CCCC2(CCNC2)C1. The monoisotopic (exact) mass is 249 g/mol. The number of halogens is 1. The lowest BCUT2D eigenvalue weighted by molar-refractivity contribution is 0.261. The van der Waals surface area contributed by atoms with Gasteiger partial charge in [-0.1, -0.05) is 0 Å². The van der Waals surface area contributed by atoms with E-state index in [9.17, 15) is 4.39 Å². The standard InChI is InChI=1S/C14H20FN3/c15-11-2-3-13(12(16)8-11)18-7-1-4-14(10-18)5-6-17-9-14/h2-3,8,17H,1,4-7,9-10,16H2. The van der Waals surface area contributed by atoms with Gasteiger partial charge in [-0.05, 0) is 44.0 Å². The van der Waals surface area contributed by atoms with Crippen molar-refractivity contribution in [3.63, 3.8) is 0 Å². The van der Waals surface area contributed by atoms with Gasteiger partial charge in [-0.25, -0.2) is 4.39 Å². The highest BCUT2D eigenvalue weighted by Gasteiger charge is 2.38. The minimum Gasteiger partial charge on any atom is -0.397 e. The molecule has 0 bridgehead atoms. The highest BCUT2D eigenvalue weighted by Crippen LogP contribution is 2.38. The molecular weight excluding hydrogens is 229 g/mol. The van der Waals surface area contributed by atoms with Crippen LogP contribution < -0.4 is 16.0 Å². The predicted octanol–water partition coefficient (Wildman–Crippen LogP) is 1.99. The fourth-order valence-electron chi connectivity index (χ4n) is 3.37. The lowest BCUT2D eigenvalue weighted by Gasteiger charge is -2.41. The summed E-state index contributed by atoms with van der Waals surface area (Å²) in [5, 5.41) is 3.46. The molecule has 1 atom stereocenters. The lowest BCUT2D eigenvalue weighted by Crippen LogP contribution is -2.44. The van der Waals surface area contributed by atoms with Crippen LogP contribution in [0.25, 0.3) is 0 Å². The first-order valence-corrected chi connectivity index (χ1v) is 6.69. The van der Waals surface area contributed by atoms with Gasteiger partial charge in [0.15, 0.2) is 0 Å². The zero-order valence-corrected chi connectivity index (χ0v) is 10.6. The highest BCUT2D eigenvalue weighted by molar-refractivity contribution is 5.67. The first kappa shape index (κ1) is 11.8. The average Bonchev–Trinajstić information content (AvgIpc) is 2.77. The van der Waals surface area contributed by atoms with Crippen molar-refractivity contribution in [2.75, 3.05) is 36.8 Å². The van der Waals surface area contributed by atoms with Gasteiger partial charge in [-0.15, -0.1) is 0 Å². The fraction of sp³-hybridized carbons (Fsp3) is 0.571. The van der Waals surface area contributed by atoms with Gasteiger partial charge < -0.3 is 16.0 Å². The zero-order chi connectivity index (χ0) is 12.6. The fourth-order valence-corrected chi connectivity index (χ4v) is 3.37. The number of nitrogens with one attached hydrogen (secondary N) is 1. The molecule has 0 aliphatic carbocycles. The molecule has 2 aliphatic heterocycles. The Balaban J connectivity index is 1.83. The van der Waals surface area contributed by atoms with Gasteiger partial charge in [0.2, 0.25) is 0 Å².